The van der Waals surface area contributed by atoms with E-state index in [2.05, 4.69) is 5.32 Å². The van der Waals surface area contributed by atoms with Crippen molar-refractivity contribution in [1.29, 1.82) is 5.26 Å². The smallest absolute Gasteiger partial charge is 0.252 e. The van der Waals surface area contributed by atoms with Crippen molar-refractivity contribution in [3.8, 4) is 11.8 Å². The molecule has 0 aromatic heterocycles. The predicted octanol–water partition coefficient (Wildman–Crippen LogP) is 3.64. The van der Waals surface area contributed by atoms with Crippen LogP contribution in [0.4, 0.5) is 0 Å². The predicted molar refractivity (Wildman–Crippen MR) is 87.5 cm³/mol. The summed E-state index contributed by atoms with van der Waals surface area (Å²) < 4.78 is 5.25. The van der Waals surface area contributed by atoms with Crippen LogP contribution in [-0.2, 0) is 5.54 Å². The van der Waals surface area contributed by atoms with Gasteiger partial charge in [0.25, 0.3) is 5.91 Å². The number of carbonyl (C=O) groups excluding carboxylic acids is 1. The number of nitrogens with zero attached hydrogens (tertiary/aromatic N) is 1. The van der Waals surface area contributed by atoms with Crippen LogP contribution >= 0.6 is 11.6 Å². The van der Waals surface area contributed by atoms with Crippen LogP contribution in [0.2, 0.25) is 5.02 Å². The molecule has 1 aliphatic carbocycles. The molecule has 2 aromatic carbocycles. The summed E-state index contributed by atoms with van der Waals surface area (Å²) in [6, 6.07) is 14.4. The molecule has 0 atom stereocenters. The standard InChI is InChI=1S/C18H15ClN2O2/c1-23-15-4-2-3-14(10-15)18(7-8-18)21-17(22)12-5-6-16(19)13(9-12)11-20/h2-6,9-10H,7-8H2,1H3,(H,21,22). The Kier molecular flexibility index (Phi) is 3.97. The lowest BCUT2D eigenvalue weighted by molar-refractivity contribution is 0.0930. The number of nitriles is 1. The Morgan fingerprint density at radius 2 is 2.09 bits per heavy atom. The van der Waals surface area contributed by atoms with E-state index in [9.17, 15) is 4.79 Å². The zero-order valence-corrected chi connectivity index (χ0v) is 13.4. The zero-order chi connectivity index (χ0) is 16.4. The van der Waals surface area contributed by atoms with Gasteiger partial charge in [0.1, 0.15) is 11.8 Å². The van der Waals surface area contributed by atoms with Gasteiger partial charge in [-0.15, -0.1) is 0 Å². The van der Waals surface area contributed by atoms with E-state index in [0.29, 0.717) is 16.1 Å². The van der Waals surface area contributed by atoms with Crippen molar-refractivity contribution in [2.75, 3.05) is 7.11 Å². The number of methoxy groups -OCH3 is 1. The SMILES string of the molecule is COc1cccc(C2(NC(=O)c3ccc(Cl)c(C#N)c3)CC2)c1. The number of ether oxygens (including phenoxy) is 1. The molecule has 3 rings (SSSR count). The number of benzene rings is 2. The summed E-state index contributed by atoms with van der Waals surface area (Å²) in [7, 11) is 1.62. The minimum atomic E-state index is -0.349. The summed E-state index contributed by atoms with van der Waals surface area (Å²) in [6.45, 7) is 0. The number of hydrogen-bond acceptors (Lipinski definition) is 3. The van der Waals surface area contributed by atoms with Crippen molar-refractivity contribution < 1.29 is 9.53 Å². The fraction of sp³-hybridized carbons (Fsp3) is 0.222. The first-order valence-corrected chi connectivity index (χ1v) is 7.62. The van der Waals surface area contributed by atoms with E-state index in [1.165, 1.54) is 6.07 Å². The lowest BCUT2D eigenvalue weighted by Gasteiger charge is -2.19. The fourth-order valence-electron chi connectivity index (χ4n) is 2.57. The lowest BCUT2D eigenvalue weighted by atomic mass is 10.0. The van der Waals surface area contributed by atoms with Crippen molar-refractivity contribution in [2.45, 2.75) is 18.4 Å². The number of amides is 1. The Morgan fingerprint density at radius 1 is 1.30 bits per heavy atom. The summed E-state index contributed by atoms with van der Waals surface area (Å²) >= 11 is 5.91. The molecular formula is C18H15ClN2O2. The molecule has 0 saturated heterocycles. The highest BCUT2D eigenvalue weighted by Gasteiger charge is 2.45. The fourth-order valence-corrected chi connectivity index (χ4v) is 2.73. The monoisotopic (exact) mass is 326 g/mol. The van der Waals surface area contributed by atoms with Crippen molar-refractivity contribution in [1.82, 2.24) is 5.32 Å². The van der Waals surface area contributed by atoms with Crippen LogP contribution in [0.3, 0.4) is 0 Å². The number of halogens is 1. The molecule has 1 N–H and O–H groups in total. The third kappa shape index (κ3) is 3.01. The van der Waals surface area contributed by atoms with Crippen molar-refractivity contribution >= 4 is 17.5 Å². The van der Waals surface area contributed by atoms with E-state index in [1.54, 1.807) is 19.2 Å². The Hall–Kier alpha value is -2.51. The summed E-state index contributed by atoms with van der Waals surface area (Å²) in [5.74, 6) is 0.555. The van der Waals surface area contributed by atoms with Crippen molar-refractivity contribution in [3.05, 3.63) is 64.2 Å². The Bertz CT molecular complexity index is 807. The van der Waals surface area contributed by atoms with E-state index in [4.69, 9.17) is 21.6 Å². The first-order valence-electron chi connectivity index (χ1n) is 7.25. The largest absolute Gasteiger partial charge is 0.497 e. The first-order chi connectivity index (χ1) is 11.1. The molecule has 1 amide bonds. The molecule has 0 unspecified atom stereocenters. The van der Waals surface area contributed by atoms with Crippen LogP contribution in [0.25, 0.3) is 0 Å². The Balaban J connectivity index is 1.83. The van der Waals surface area contributed by atoms with Crippen molar-refractivity contribution in [3.63, 3.8) is 0 Å². The molecule has 116 valence electrons. The average Bonchev–Trinajstić information content (AvgIpc) is 3.36. The first kappa shape index (κ1) is 15.4. The summed E-state index contributed by atoms with van der Waals surface area (Å²) in [4.78, 5) is 12.5. The van der Waals surface area contributed by atoms with Gasteiger partial charge in [-0.1, -0.05) is 23.7 Å². The molecule has 5 heteroatoms. The topological polar surface area (TPSA) is 62.1 Å². The Labute approximate surface area is 139 Å². The van der Waals surface area contributed by atoms with Crippen LogP contribution in [0.15, 0.2) is 42.5 Å². The van der Waals surface area contributed by atoms with Crippen LogP contribution in [0.5, 0.6) is 5.75 Å². The van der Waals surface area contributed by atoms with Gasteiger partial charge in [-0.25, -0.2) is 0 Å². The summed E-state index contributed by atoms with van der Waals surface area (Å²) in [5.41, 5.74) is 1.41. The average molecular weight is 327 g/mol. The maximum atomic E-state index is 12.5. The van der Waals surface area contributed by atoms with E-state index in [-0.39, 0.29) is 11.4 Å². The highest BCUT2D eigenvalue weighted by Crippen LogP contribution is 2.46. The number of nitrogens with one attached hydrogen (secondary N) is 1. The van der Waals surface area contributed by atoms with Gasteiger partial charge in [0.05, 0.1) is 23.2 Å². The molecule has 0 aliphatic heterocycles. The second kappa shape index (κ2) is 5.94. The van der Waals surface area contributed by atoms with Gasteiger partial charge >= 0.3 is 0 Å². The third-order valence-corrected chi connectivity index (χ3v) is 4.40. The van der Waals surface area contributed by atoms with E-state index >= 15 is 0 Å². The van der Waals surface area contributed by atoms with Crippen molar-refractivity contribution in [2.24, 2.45) is 0 Å². The molecular weight excluding hydrogens is 312 g/mol. The lowest BCUT2D eigenvalue weighted by Crippen LogP contribution is -2.34. The zero-order valence-electron chi connectivity index (χ0n) is 12.6. The summed E-state index contributed by atoms with van der Waals surface area (Å²) in [5, 5.41) is 12.4. The van der Waals surface area contributed by atoms with E-state index < -0.39 is 0 Å². The maximum Gasteiger partial charge on any atom is 0.252 e. The van der Waals surface area contributed by atoms with Gasteiger partial charge in [0.2, 0.25) is 0 Å². The highest BCUT2D eigenvalue weighted by atomic mass is 35.5. The normalized spacial score (nSPS) is 14.7. The van der Waals surface area contributed by atoms with Crippen LogP contribution in [-0.4, -0.2) is 13.0 Å². The minimum absolute atomic E-state index is 0.210. The number of carbonyl (C=O) groups is 1. The third-order valence-electron chi connectivity index (χ3n) is 4.07. The van der Waals surface area contributed by atoms with Crippen LogP contribution < -0.4 is 10.1 Å². The number of hydrogen-bond donors (Lipinski definition) is 1. The van der Waals surface area contributed by atoms with E-state index in [1.807, 2.05) is 30.3 Å². The quantitative estimate of drug-likeness (QED) is 0.933. The molecule has 1 aliphatic rings. The van der Waals surface area contributed by atoms with Gasteiger partial charge in [-0.3, -0.25) is 4.79 Å². The molecule has 1 fully saturated rings. The molecule has 23 heavy (non-hydrogen) atoms. The summed E-state index contributed by atoms with van der Waals surface area (Å²) in [6.07, 6.45) is 1.76. The van der Waals surface area contributed by atoms with Gasteiger partial charge in [-0.2, -0.15) is 5.26 Å². The van der Waals surface area contributed by atoms with Gasteiger partial charge in [-0.05, 0) is 48.7 Å². The van der Waals surface area contributed by atoms with Crippen LogP contribution in [0.1, 0.15) is 34.3 Å². The molecule has 0 heterocycles. The second-order valence-electron chi connectivity index (χ2n) is 5.57. The second-order valence-corrected chi connectivity index (χ2v) is 5.98. The molecule has 2 aromatic rings. The highest BCUT2D eigenvalue weighted by molar-refractivity contribution is 6.31. The van der Waals surface area contributed by atoms with E-state index in [0.717, 1.165) is 24.2 Å². The number of rotatable bonds is 4. The molecule has 1 saturated carbocycles. The van der Waals surface area contributed by atoms with Gasteiger partial charge < -0.3 is 10.1 Å². The maximum absolute atomic E-state index is 12.5. The minimum Gasteiger partial charge on any atom is -0.497 e. The molecule has 0 spiro atoms. The van der Waals surface area contributed by atoms with Gasteiger partial charge in [0.15, 0.2) is 0 Å². The van der Waals surface area contributed by atoms with Crippen LogP contribution in [0, 0.1) is 11.3 Å². The molecule has 4 nitrogen and oxygen atoms in total. The Morgan fingerprint density at radius 3 is 2.74 bits per heavy atom. The van der Waals surface area contributed by atoms with Gasteiger partial charge in [0, 0.05) is 5.56 Å². The molecule has 0 radical (unpaired) electrons. The molecule has 0 bridgehead atoms.